The van der Waals surface area contributed by atoms with Crippen LogP contribution in [0.4, 0.5) is 0 Å². The second kappa shape index (κ2) is 7.19. The molecule has 2 aromatic carbocycles. The minimum atomic E-state index is -0.866. The van der Waals surface area contributed by atoms with Crippen molar-refractivity contribution in [3.63, 3.8) is 0 Å². The lowest BCUT2D eigenvalue weighted by Crippen LogP contribution is -2.38. The normalized spacial score (nSPS) is 12.2. The number of aliphatic carboxylic acids is 1. The van der Waals surface area contributed by atoms with Gasteiger partial charge in [-0.15, -0.1) is 0 Å². The molecule has 0 aliphatic carbocycles. The number of H-pyrrole nitrogens is 1. The lowest BCUT2D eigenvalue weighted by Gasteiger charge is -2.15. The number of para-hydroxylation sites is 2. The highest BCUT2D eigenvalue weighted by atomic mass is 16.5. The molecule has 24 heavy (non-hydrogen) atoms. The Balaban J connectivity index is 1.74. The average molecular weight is 324 g/mol. The molecule has 1 atom stereocenters. The number of nitrogens with one attached hydrogen (secondary N) is 2. The first-order valence-corrected chi connectivity index (χ1v) is 7.82. The fraction of sp³-hybridized carbons (Fsp3) is 0.211. The van der Waals surface area contributed by atoms with Crippen LogP contribution in [0, 0.1) is 0 Å². The maximum absolute atomic E-state index is 11.6. The Kier molecular flexibility index (Phi) is 4.82. The molecule has 5 heteroatoms. The van der Waals surface area contributed by atoms with Crippen LogP contribution in [0.1, 0.15) is 11.1 Å². The van der Waals surface area contributed by atoms with E-state index < -0.39 is 12.0 Å². The quantitative estimate of drug-likeness (QED) is 0.625. The molecule has 124 valence electrons. The topological polar surface area (TPSA) is 74.3 Å². The van der Waals surface area contributed by atoms with E-state index in [9.17, 15) is 9.90 Å². The van der Waals surface area contributed by atoms with Gasteiger partial charge in [0.2, 0.25) is 0 Å². The van der Waals surface area contributed by atoms with Crippen molar-refractivity contribution in [2.45, 2.75) is 19.0 Å². The largest absolute Gasteiger partial charge is 0.496 e. The first-order chi connectivity index (χ1) is 11.7. The third-order valence-electron chi connectivity index (χ3n) is 4.13. The molecule has 0 saturated carbocycles. The summed E-state index contributed by atoms with van der Waals surface area (Å²) < 4.78 is 5.31. The molecule has 0 fully saturated rings. The molecule has 3 aromatic rings. The van der Waals surface area contributed by atoms with Gasteiger partial charge in [-0.2, -0.15) is 0 Å². The van der Waals surface area contributed by atoms with E-state index in [4.69, 9.17) is 4.74 Å². The Bertz CT molecular complexity index is 841. The number of hydrogen-bond donors (Lipinski definition) is 3. The SMILES string of the molecule is COc1ccccc1CN[C@H](Cc1c[nH]c2ccccc12)C(=O)O. The first kappa shape index (κ1) is 16.1. The van der Waals surface area contributed by atoms with E-state index >= 15 is 0 Å². The zero-order valence-corrected chi connectivity index (χ0v) is 13.5. The van der Waals surface area contributed by atoms with Gasteiger partial charge >= 0.3 is 5.97 Å². The predicted octanol–water partition coefficient (Wildman–Crippen LogP) is 2.96. The van der Waals surface area contributed by atoms with Crippen molar-refractivity contribution in [2.75, 3.05) is 7.11 Å². The van der Waals surface area contributed by atoms with Crippen molar-refractivity contribution in [3.8, 4) is 5.75 Å². The Morgan fingerprint density at radius 1 is 1.17 bits per heavy atom. The fourth-order valence-electron chi connectivity index (χ4n) is 2.85. The molecule has 3 N–H and O–H groups in total. The van der Waals surface area contributed by atoms with Crippen molar-refractivity contribution in [1.82, 2.24) is 10.3 Å². The zero-order valence-electron chi connectivity index (χ0n) is 13.5. The maximum atomic E-state index is 11.6. The molecule has 0 bridgehead atoms. The molecular weight excluding hydrogens is 304 g/mol. The van der Waals surface area contributed by atoms with E-state index in [2.05, 4.69) is 10.3 Å². The van der Waals surface area contributed by atoms with Crippen molar-refractivity contribution >= 4 is 16.9 Å². The highest BCUT2D eigenvalue weighted by Gasteiger charge is 2.19. The molecule has 0 spiro atoms. The van der Waals surface area contributed by atoms with Gasteiger partial charge in [0, 0.05) is 35.6 Å². The number of aromatic nitrogens is 1. The predicted molar refractivity (Wildman–Crippen MR) is 93.3 cm³/mol. The monoisotopic (exact) mass is 324 g/mol. The van der Waals surface area contributed by atoms with Gasteiger partial charge in [0.25, 0.3) is 0 Å². The second-order valence-corrected chi connectivity index (χ2v) is 5.65. The van der Waals surface area contributed by atoms with Gasteiger partial charge < -0.3 is 14.8 Å². The van der Waals surface area contributed by atoms with Crippen LogP contribution in [0.25, 0.3) is 10.9 Å². The summed E-state index contributed by atoms with van der Waals surface area (Å²) in [5.74, 6) is -0.114. The number of hydrogen-bond acceptors (Lipinski definition) is 3. The lowest BCUT2D eigenvalue weighted by molar-refractivity contribution is -0.139. The molecule has 0 aliphatic rings. The van der Waals surface area contributed by atoms with Crippen LogP contribution in [0.2, 0.25) is 0 Å². The molecule has 1 aromatic heterocycles. The first-order valence-electron chi connectivity index (χ1n) is 7.82. The summed E-state index contributed by atoms with van der Waals surface area (Å²) in [5.41, 5.74) is 2.94. The summed E-state index contributed by atoms with van der Waals surface area (Å²) in [4.78, 5) is 14.8. The standard InChI is InChI=1S/C19H20N2O3/c1-24-18-9-5-2-6-13(18)11-21-17(19(22)23)10-14-12-20-16-8-4-3-7-15(14)16/h2-9,12,17,20-21H,10-11H2,1H3,(H,22,23)/t17-/m1/s1. The van der Waals surface area contributed by atoms with Crippen molar-refractivity contribution in [3.05, 3.63) is 65.9 Å². The van der Waals surface area contributed by atoms with Gasteiger partial charge in [-0.3, -0.25) is 10.1 Å². The summed E-state index contributed by atoms with van der Waals surface area (Å²) in [6.45, 7) is 0.434. The maximum Gasteiger partial charge on any atom is 0.321 e. The van der Waals surface area contributed by atoms with E-state index in [0.29, 0.717) is 13.0 Å². The molecule has 1 heterocycles. The van der Waals surface area contributed by atoms with Gasteiger partial charge in [0.05, 0.1) is 7.11 Å². The van der Waals surface area contributed by atoms with Crippen LogP contribution in [0.15, 0.2) is 54.7 Å². The minimum Gasteiger partial charge on any atom is -0.496 e. The Hall–Kier alpha value is -2.79. The lowest BCUT2D eigenvalue weighted by atomic mass is 10.0. The van der Waals surface area contributed by atoms with Gasteiger partial charge in [-0.1, -0.05) is 36.4 Å². The molecule has 0 radical (unpaired) electrons. The molecule has 0 aliphatic heterocycles. The number of rotatable bonds is 7. The number of fused-ring (bicyclic) bond motifs is 1. The number of aromatic amines is 1. The number of benzene rings is 2. The Morgan fingerprint density at radius 2 is 1.92 bits per heavy atom. The van der Waals surface area contributed by atoms with E-state index in [1.54, 1.807) is 7.11 Å². The zero-order chi connectivity index (χ0) is 16.9. The van der Waals surface area contributed by atoms with Crippen molar-refractivity contribution in [2.24, 2.45) is 0 Å². The van der Waals surface area contributed by atoms with E-state index in [0.717, 1.165) is 27.8 Å². The van der Waals surface area contributed by atoms with E-state index in [1.165, 1.54) is 0 Å². The molecule has 0 amide bonds. The molecule has 0 saturated heterocycles. The van der Waals surface area contributed by atoms with Gasteiger partial charge in [0.1, 0.15) is 11.8 Å². The van der Waals surface area contributed by atoms with Crippen LogP contribution in [-0.4, -0.2) is 29.2 Å². The number of methoxy groups -OCH3 is 1. The third-order valence-corrected chi connectivity index (χ3v) is 4.13. The summed E-state index contributed by atoms with van der Waals surface area (Å²) in [6, 6.07) is 14.8. The average Bonchev–Trinajstić information content (AvgIpc) is 3.01. The van der Waals surface area contributed by atoms with Crippen LogP contribution in [0.3, 0.4) is 0 Å². The smallest absolute Gasteiger partial charge is 0.321 e. The van der Waals surface area contributed by atoms with E-state index in [-0.39, 0.29) is 0 Å². The fourth-order valence-corrected chi connectivity index (χ4v) is 2.85. The third kappa shape index (κ3) is 3.41. The molecule has 5 nitrogen and oxygen atoms in total. The summed E-state index contributed by atoms with van der Waals surface area (Å²) in [6.07, 6.45) is 2.29. The number of carboxylic acids is 1. The van der Waals surface area contributed by atoms with Crippen molar-refractivity contribution < 1.29 is 14.6 Å². The Morgan fingerprint density at radius 3 is 2.71 bits per heavy atom. The van der Waals surface area contributed by atoms with Gasteiger partial charge in [-0.25, -0.2) is 0 Å². The highest BCUT2D eigenvalue weighted by molar-refractivity contribution is 5.84. The van der Waals surface area contributed by atoms with Gasteiger partial charge in [-0.05, 0) is 17.7 Å². The highest BCUT2D eigenvalue weighted by Crippen LogP contribution is 2.20. The summed E-state index contributed by atoms with van der Waals surface area (Å²) >= 11 is 0. The van der Waals surface area contributed by atoms with Crippen LogP contribution >= 0.6 is 0 Å². The van der Waals surface area contributed by atoms with Crippen molar-refractivity contribution in [1.29, 1.82) is 0 Å². The number of carboxylic acid groups (broad SMARTS) is 1. The minimum absolute atomic E-state index is 0.411. The molecule has 0 unspecified atom stereocenters. The second-order valence-electron chi connectivity index (χ2n) is 5.65. The number of carbonyl (C=O) groups is 1. The Labute approximate surface area is 140 Å². The summed E-state index contributed by atoms with van der Waals surface area (Å²) in [7, 11) is 1.61. The van der Waals surface area contributed by atoms with Crippen LogP contribution in [0.5, 0.6) is 5.75 Å². The van der Waals surface area contributed by atoms with Crippen LogP contribution < -0.4 is 10.1 Å². The van der Waals surface area contributed by atoms with Crippen LogP contribution in [-0.2, 0) is 17.8 Å². The number of ether oxygens (including phenoxy) is 1. The van der Waals surface area contributed by atoms with E-state index in [1.807, 2.05) is 54.7 Å². The molecular formula is C19H20N2O3. The summed E-state index contributed by atoms with van der Waals surface area (Å²) in [5, 5.41) is 13.7. The molecule has 3 rings (SSSR count). The van der Waals surface area contributed by atoms with Gasteiger partial charge in [0.15, 0.2) is 0 Å².